The van der Waals surface area contributed by atoms with Gasteiger partial charge in [-0.2, -0.15) is 9.06 Å². The predicted octanol–water partition coefficient (Wildman–Crippen LogP) is 1.87. The molecule has 0 fully saturated rings. The molecule has 2 heterocycles. The molecular weight excluding hydrogens is 314 g/mol. The Morgan fingerprint density at radius 3 is 2.87 bits per heavy atom. The van der Waals surface area contributed by atoms with E-state index in [2.05, 4.69) is 14.8 Å². The van der Waals surface area contributed by atoms with Gasteiger partial charge in [0.05, 0.1) is 7.06 Å². The second kappa shape index (κ2) is 6.33. The molecule has 0 saturated carbocycles. The fourth-order valence-corrected chi connectivity index (χ4v) is 3.09. The van der Waals surface area contributed by atoms with Crippen LogP contribution in [0.5, 0.6) is 5.75 Å². The minimum absolute atomic E-state index is 0.274. The summed E-state index contributed by atoms with van der Waals surface area (Å²) in [7, 11) is 1.55. The average molecular weight is 333 g/mol. The number of hydrogen-bond donors (Lipinski definition) is 0. The summed E-state index contributed by atoms with van der Waals surface area (Å²) in [5.41, 5.74) is 2.28. The zero-order valence-electron chi connectivity index (χ0n) is 14.1. The molecule has 0 aliphatic heterocycles. The van der Waals surface area contributed by atoms with Crippen molar-refractivity contribution in [1.82, 2.24) is 24.2 Å². The molecule has 0 amide bonds. The first-order valence-electron chi connectivity index (χ1n) is 7.68. The average Bonchev–Trinajstić information content (AvgIpc) is 3.10. The Balaban J connectivity index is 1.94. The fourth-order valence-electron chi connectivity index (χ4n) is 2.17. The lowest BCUT2D eigenvalue weighted by molar-refractivity contribution is 0.302. The van der Waals surface area contributed by atoms with Crippen molar-refractivity contribution in [1.29, 1.82) is 0 Å². The Morgan fingerprint density at radius 2 is 2.22 bits per heavy atom. The van der Waals surface area contributed by atoms with Crippen LogP contribution in [0.25, 0.3) is 5.00 Å². The molecule has 0 spiro atoms. The van der Waals surface area contributed by atoms with Crippen LogP contribution in [0.15, 0.2) is 29.0 Å². The Bertz CT molecular complexity index is 930. The Hall–Kier alpha value is -2.48. The third-order valence-electron chi connectivity index (χ3n) is 3.49. The highest BCUT2D eigenvalue weighted by molar-refractivity contribution is 7.08. The fraction of sp³-hybridized carbons (Fsp3) is 0.333. The maximum Gasteiger partial charge on any atom is 0.369 e. The van der Waals surface area contributed by atoms with E-state index in [4.69, 9.17) is 6.11 Å². The van der Waals surface area contributed by atoms with Gasteiger partial charge >= 0.3 is 5.69 Å². The topological polar surface area (TPSA) is 74.8 Å². The van der Waals surface area contributed by atoms with Crippen molar-refractivity contribution >= 4 is 11.5 Å². The van der Waals surface area contributed by atoms with Crippen LogP contribution < -0.4 is 10.4 Å². The first kappa shape index (κ1) is 14.1. The van der Waals surface area contributed by atoms with E-state index in [9.17, 15) is 4.79 Å². The monoisotopic (exact) mass is 333 g/mol. The Kier molecular flexibility index (Phi) is 3.89. The van der Waals surface area contributed by atoms with E-state index < -0.39 is 0 Å². The summed E-state index contributed by atoms with van der Waals surface area (Å²) >= 11 is 1.21. The van der Waals surface area contributed by atoms with Gasteiger partial charge < -0.3 is 4.74 Å². The van der Waals surface area contributed by atoms with Gasteiger partial charge in [0.2, 0.25) is 0 Å². The Labute approximate surface area is 138 Å². The van der Waals surface area contributed by atoms with Gasteiger partial charge in [0.25, 0.3) is 0 Å². The zero-order valence-corrected chi connectivity index (χ0v) is 13.9. The van der Waals surface area contributed by atoms with Gasteiger partial charge in [-0.15, -0.1) is 4.68 Å². The van der Waals surface area contributed by atoms with Crippen LogP contribution in [0, 0.1) is 6.92 Å². The van der Waals surface area contributed by atoms with Crippen molar-refractivity contribution in [3.05, 3.63) is 51.5 Å². The molecule has 0 unspecified atom stereocenters. The standard InChI is InChI=1S/C15H17N5O2S/c1-4-12-11(9-22-13-8-6-5-7-10(13)2)14(23-16-12)20-15(21)19(3)17-18-20/h5-8H,4,9H2,1-3H3/i5T. The lowest BCUT2D eigenvalue weighted by Gasteiger charge is -2.09. The molecule has 2 aromatic heterocycles. The lowest BCUT2D eigenvalue weighted by Crippen LogP contribution is -2.22. The van der Waals surface area contributed by atoms with Crippen LogP contribution in [-0.2, 0) is 20.1 Å². The molecule has 0 aliphatic rings. The van der Waals surface area contributed by atoms with Crippen LogP contribution in [0.4, 0.5) is 0 Å². The summed E-state index contributed by atoms with van der Waals surface area (Å²) in [5, 5.41) is 8.26. The van der Waals surface area contributed by atoms with E-state index >= 15 is 0 Å². The molecule has 0 radical (unpaired) electrons. The second-order valence-corrected chi connectivity index (χ2v) is 5.80. The first-order valence-corrected chi connectivity index (χ1v) is 7.95. The number of rotatable bonds is 5. The number of benzene rings is 1. The van der Waals surface area contributed by atoms with Crippen LogP contribution in [-0.4, -0.2) is 24.2 Å². The summed E-state index contributed by atoms with van der Waals surface area (Å²) in [6, 6.07) is 5.65. The third kappa shape index (κ3) is 2.89. The molecular formula is C15H17N5O2S. The normalized spacial score (nSPS) is 11.5. The first-order chi connectivity index (χ1) is 11.5. The number of aromatic nitrogens is 5. The van der Waals surface area contributed by atoms with E-state index in [0.717, 1.165) is 23.2 Å². The van der Waals surface area contributed by atoms with Crippen LogP contribution in [0.3, 0.4) is 0 Å². The van der Waals surface area contributed by atoms with Crippen molar-refractivity contribution in [2.45, 2.75) is 26.9 Å². The van der Waals surface area contributed by atoms with Crippen molar-refractivity contribution in [3.63, 3.8) is 0 Å². The molecule has 1 aromatic carbocycles. The van der Waals surface area contributed by atoms with E-state index in [1.165, 1.54) is 20.9 Å². The molecule has 0 bridgehead atoms. The molecule has 3 aromatic rings. The van der Waals surface area contributed by atoms with Crippen molar-refractivity contribution < 1.29 is 6.11 Å². The minimum atomic E-state index is -0.322. The molecule has 23 heavy (non-hydrogen) atoms. The largest absolute Gasteiger partial charge is 0.488 e. The summed E-state index contributed by atoms with van der Waals surface area (Å²) in [5.74, 6) is 0.705. The van der Waals surface area contributed by atoms with Gasteiger partial charge in [0, 0.05) is 12.6 Å². The maximum atomic E-state index is 12.1. The van der Waals surface area contributed by atoms with Crippen molar-refractivity contribution in [2.24, 2.45) is 7.05 Å². The number of nitrogens with zero attached hydrogens (tertiary/aromatic N) is 5. The van der Waals surface area contributed by atoms with Crippen molar-refractivity contribution in [3.8, 4) is 10.8 Å². The maximum absolute atomic E-state index is 12.1. The molecule has 120 valence electrons. The summed E-state index contributed by atoms with van der Waals surface area (Å²) in [6.07, 6.45) is 0.731. The highest BCUT2D eigenvalue weighted by Gasteiger charge is 2.19. The highest BCUT2D eigenvalue weighted by atomic mass is 32.1. The van der Waals surface area contributed by atoms with Crippen LogP contribution >= 0.6 is 11.5 Å². The molecule has 0 aliphatic carbocycles. The molecule has 3 rings (SSSR count). The van der Waals surface area contributed by atoms with Gasteiger partial charge in [0.1, 0.15) is 12.4 Å². The number of hydrogen-bond acceptors (Lipinski definition) is 6. The molecule has 7 nitrogen and oxygen atoms in total. The third-order valence-corrected chi connectivity index (χ3v) is 4.39. The summed E-state index contributed by atoms with van der Waals surface area (Å²) < 4.78 is 20.3. The number of aryl methyl sites for hydroxylation is 3. The number of ether oxygens (including phenoxy) is 1. The van der Waals surface area contributed by atoms with Crippen LogP contribution in [0.2, 0.25) is 0 Å². The number of tetrazole rings is 1. The zero-order chi connectivity index (χ0) is 17.3. The summed E-state index contributed by atoms with van der Waals surface area (Å²) in [4.78, 5) is 12.1. The summed E-state index contributed by atoms with van der Waals surface area (Å²) in [6.45, 7) is 4.17. The van der Waals surface area contributed by atoms with Crippen molar-refractivity contribution in [2.75, 3.05) is 0 Å². The minimum Gasteiger partial charge on any atom is -0.488 e. The van der Waals surface area contributed by atoms with Gasteiger partial charge in [-0.3, -0.25) is 0 Å². The van der Waals surface area contributed by atoms with Crippen LogP contribution in [0.1, 0.15) is 25.1 Å². The molecule has 8 heteroatoms. The van der Waals surface area contributed by atoms with Gasteiger partial charge in [-0.25, -0.2) is 4.79 Å². The molecule has 0 atom stereocenters. The van der Waals surface area contributed by atoms with E-state index in [-0.39, 0.29) is 12.3 Å². The molecule has 0 N–H and O–H groups in total. The number of para-hydroxylation sites is 1. The van der Waals surface area contributed by atoms with Gasteiger partial charge in [0.15, 0.2) is 5.00 Å². The SMILES string of the molecule is [3H]c1ccc(OCc2c(CC)nsc2-n2nnn(C)c2=O)c(C)c1. The smallest absolute Gasteiger partial charge is 0.369 e. The second-order valence-electron chi connectivity index (χ2n) is 5.04. The Morgan fingerprint density at radius 1 is 1.39 bits per heavy atom. The van der Waals surface area contributed by atoms with Gasteiger partial charge in [-0.05, 0) is 46.9 Å². The lowest BCUT2D eigenvalue weighted by atomic mass is 10.2. The van der Waals surface area contributed by atoms with E-state index in [0.29, 0.717) is 16.8 Å². The quantitative estimate of drug-likeness (QED) is 0.712. The molecule has 0 saturated heterocycles. The highest BCUT2D eigenvalue weighted by Crippen LogP contribution is 2.25. The van der Waals surface area contributed by atoms with E-state index in [1.807, 2.05) is 13.8 Å². The van der Waals surface area contributed by atoms with Gasteiger partial charge in [-0.1, -0.05) is 25.1 Å². The predicted molar refractivity (Wildman–Crippen MR) is 87.2 cm³/mol. The van der Waals surface area contributed by atoms with E-state index in [1.54, 1.807) is 25.2 Å².